The minimum atomic E-state index is -0.164. The standard InChI is InChI=1S/C20H30N2O2/c1-5-11-21-19(24)17-14-22(18(23)12-20(2,3)4)13-16(17)15-9-7-6-8-10-15/h6-10,16-17H,5,11-14H2,1-4H3,(H,21,24)/t16-,17-/m0/s1. The highest BCUT2D eigenvalue weighted by atomic mass is 16.2. The van der Waals surface area contributed by atoms with Gasteiger partial charge in [0, 0.05) is 32.0 Å². The van der Waals surface area contributed by atoms with Crippen molar-refractivity contribution >= 4 is 11.8 Å². The van der Waals surface area contributed by atoms with Crippen molar-refractivity contribution < 1.29 is 9.59 Å². The zero-order valence-corrected chi connectivity index (χ0v) is 15.3. The van der Waals surface area contributed by atoms with E-state index < -0.39 is 0 Å². The van der Waals surface area contributed by atoms with Crippen LogP contribution >= 0.6 is 0 Å². The van der Waals surface area contributed by atoms with Gasteiger partial charge in [0.1, 0.15) is 0 Å². The number of hydrogen-bond acceptors (Lipinski definition) is 2. The summed E-state index contributed by atoms with van der Waals surface area (Å²) in [6.07, 6.45) is 1.43. The Morgan fingerprint density at radius 3 is 2.42 bits per heavy atom. The largest absolute Gasteiger partial charge is 0.356 e. The van der Waals surface area contributed by atoms with Crippen LogP contribution in [0.2, 0.25) is 0 Å². The van der Waals surface area contributed by atoms with Crippen molar-refractivity contribution in [2.45, 2.75) is 46.5 Å². The van der Waals surface area contributed by atoms with E-state index in [1.807, 2.05) is 30.0 Å². The summed E-state index contributed by atoms with van der Waals surface area (Å²) in [5.74, 6) is 0.126. The monoisotopic (exact) mass is 330 g/mol. The van der Waals surface area contributed by atoms with Crippen LogP contribution in [0.25, 0.3) is 0 Å². The number of likely N-dealkylation sites (tertiary alicyclic amines) is 1. The van der Waals surface area contributed by atoms with Crippen LogP contribution in [0.5, 0.6) is 0 Å². The average molecular weight is 330 g/mol. The Kier molecular flexibility index (Phi) is 6.03. The van der Waals surface area contributed by atoms with Crippen molar-refractivity contribution in [3.63, 3.8) is 0 Å². The second kappa shape index (κ2) is 7.82. The molecule has 0 saturated carbocycles. The van der Waals surface area contributed by atoms with E-state index in [1.54, 1.807) is 0 Å². The van der Waals surface area contributed by atoms with Gasteiger partial charge >= 0.3 is 0 Å². The van der Waals surface area contributed by atoms with Gasteiger partial charge in [-0.3, -0.25) is 9.59 Å². The first kappa shape index (κ1) is 18.5. The number of amides is 2. The number of hydrogen-bond donors (Lipinski definition) is 1. The van der Waals surface area contributed by atoms with E-state index >= 15 is 0 Å². The van der Waals surface area contributed by atoms with E-state index in [0.717, 1.165) is 12.0 Å². The third-order valence-corrected chi connectivity index (χ3v) is 4.47. The van der Waals surface area contributed by atoms with Crippen LogP contribution in [-0.2, 0) is 9.59 Å². The molecule has 2 atom stereocenters. The Labute approximate surface area is 145 Å². The summed E-state index contributed by atoms with van der Waals surface area (Å²) < 4.78 is 0. The third kappa shape index (κ3) is 4.83. The molecule has 132 valence electrons. The molecule has 4 nitrogen and oxygen atoms in total. The van der Waals surface area contributed by atoms with Gasteiger partial charge in [-0.15, -0.1) is 0 Å². The first-order chi connectivity index (χ1) is 11.3. The van der Waals surface area contributed by atoms with Gasteiger partial charge in [-0.2, -0.15) is 0 Å². The minimum Gasteiger partial charge on any atom is -0.356 e. The zero-order valence-electron chi connectivity index (χ0n) is 15.3. The fourth-order valence-corrected chi connectivity index (χ4v) is 3.26. The number of benzene rings is 1. The van der Waals surface area contributed by atoms with Gasteiger partial charge in [-0.1, -0.05) is 58.0 Å². The highest BCUT2D eigenvalue weighted by Gasteiger charge is 2.40. The van der Waals surface area contributed by atoms with Crippen LogP contribution in [0.1, 0.15) is 52.0 Å². The summed E-state index contributed by atoms with van der Waals surface area (Å²) in [6, 6.07) is 10.1. The Bertz CT molecular complexity index is 563. The SMILES string of the molecule is CCCNC(=O)[C@H]1CN(C(=O)CC(C)(C)C)C[C@H]1c1ccccc1. The van der Waals surface area contributed by atoms with E-state index in [0.29, 0.717) is 26.1 Å². The molecular weight excluding hydrogens is 300 g/mol. The van der Waals surface area contributed by atoms with Crippen molar-refractivity contribution in [1.29, 1.82) is 0 Å². The van der Waals surface area contributed by atoms with Crippen LogP contribution in [0.4, 0.5) is 0 Å². The molecule has 0 spiro atoms. The van der Waals surface area contributed by atoms with Gasteiger partial charge in [0.15, 0.2) is 0 Å². The Morgan fingerprint density at radius 1 is 1.17 bits per heavy atom. The molecule has 0 aliphatic carbocycles. The molecule has 1 aromatic rings. The van der Waals surface area contributed by atoms with E-state index in [4.69, 9.17) is 0 Å². The lowest BCUT2D eigenvalue weighted by Gasteiger charge is -2.23. The van der Waals surface area contributed by atoms with Gasteiger partial charge in [-0.05, 0) is 17.4 Å². The van der Waals surface area contributed by atoms with Crippen molar-refractivity contribution in [1.82, 2.24) is 10.2 Å². The lowest BCUT2D eigenvalue weighted by atomic mass is 9.88. The maximum atomic E-state index is 12.6. The van der Waals surface area contributed by atoms with Gasteiger partial charge in [-0.25, -0.2) is 0 Å². The van der Waals surface area contributed by atoms with Gasteiger partial charge < -0.3 is 10.2 Å². The van der Waals surface area contributed by atoms with Crippen molar-refractivity contribution in [2.75, 3.05) is 19.6 Å². The van der Waals surface area contributed by atoms with Crippen molar-refractivity contribution in [2.24, 2.45) is 11.3 Å². The predicted molar refractivity (Wildman–Crippen MR) is 96.6 cm³/mol. The van der Waals surface area contributed by atoms with Crippen LogP contribution in [0, 0.1) is 11.3 Å². The highest BCUT2D eigenvalue weighted by Crippen LogP contribution is 2.34. The molecule has 1 saturated heterocycles. The molecule has 1 aromatic carbocycles. The summed E-state index contributed by atoms with van der Waals surface area (Å²) in [7, 11) is 0. The molecule has 1 N–H and O–H groups in total. The smallest absolute Gasteiger partial charge is 0.225 e. The van der Waals surface area contributed by atoms with Crippen LogP contribution in [-0.4, -0.2) is 36.3 Å². The molecule has 4 heteroatoms. The first-order valence-corrected chi connectivity index (χ1v) is 8.92. The Hall–Kier alpha value is -1.84. The molecule has 1 heterocycles. The predicted octanol–water partition coefficient (Wildman–Crippen LogP) is 3.19. The number of nitrogens with one attached hydrogen (secondary N) is 1. The molecule has 0 bridgehead atoms. The van der Waals surface area contributed by atoms with Crippen molar-refractivity contribution in [3.8, 4) is 0 Å². The zero-order chi connectivity index (χ0) is 17.7. The lowest BCUT2D eigenvalue weighted by Crippen LogP contribution is -2.36. The van der Waals surface area contributed by atoms with Gasteiger partial charge in [0.25, 0.3) is 0 Å². The molecule has 0 unspecified atom stereocenters. The molecule has 24 heavy (non-hydrogen) atoms. The molecule has 1 aliphatic rings. The average Bonchev–Trinajstić information content (AvgIpc) is 2.97. The van der Waals surface area contributed by atoms with E-state index in [2.05, 4.69) is 38.2 Å². The number of rotatable bonds is 5. The molecule has 1 aliphatic heterocycles. The molecule has 0 aromatic heterocycles. The van der Waals surface area contributed by atoms with Crippen LogP contribution < -0.4 is 5.32 Å². The normalized spacial score (nSPS) is 20.9. The topological polar surface area (TPSA) is 49.4 Å². The number of nitrogens with zero attached hydrogens (tertiary/aromatic N) is 1. The molecule has 1 fully saturated rings. The number of carbonyl (C=O) groups is 2. The summed E-state index contributed by atoms with van der Waals surface area (Å²) in [5.41, 5.74) is 1.10. The summed E-state index contributed by atoms with van der Waals surface area (Å²) >= 11 is 0. The fourth-order valence-electron chi connectivity index (χ4n) is 3.26. The third-order valence-electron chi connectivity index (χ3n) is 4.47. The minimum absolute atomic E-state index is 0.0398. The quantitative estimate of drug-likeness (QED) is 0.901. The molecule has 0 radical (unpaired) electrons. The second-order valence-electron chi connectivity index (χ2n) is 7.95. The number of carbonyl (C=O) groups excluding carboxylic acids is 2. The highest BCUT2D eigenvalue weighted by molar-refractivity contribution is 5.83. The molecule has 2 rings (SSSR count). The lowest BCUT2D eigenvalue weighted by molar-refractivity contribution is -0.132. The maximum Gasteiger partial charge on any atom is 0.225 e. The summed E-state index contributed by atoms with van der Waals surface area (Å²) in [6.45, 7) is 10.1. The molecule has 2 amide bonds. The van der Waals surface area contributed by atoms with E-state index in [1.165, 1.54) is 0 Å². The van der Waals surface area contributed by atoms with Gasteiger partial charge in [0.2, 0.25) is 11.8 Å². The van der Waals surface area contributed by atoms with Crippen LogP contribution in [0.15, 0.2) is 30.3 Å². The van der Waals surface area contributed by atoms with Crippen LogP contribution in [0.3, 0.4) is 0 Å². The summed E-state index contributed by atoms with van der Waals surface area (Å²) in [4.78, 5) is 27.1. The maximum absolute atomic E-state index is 12.6. The first-order valence-electron chi connectivity index (χ1n) is 8.92. The Morgan fingerprint density at radius 2 is 1.83 bits per heavy atom. The molecular formula is C20H30N2O2. The summed E-state index contributed by atoms with van der Waals surface area (Å²) in [5, 5.41) is 3.00. The van der Waals surface area contributed by atoms with E-state index in [-0.39, 0.29) is 29.1 Å². The van der Waals surface area contributed by atoms with Crippen molar-refractivity contribution in [3.05, 3.63) is 35.9 Å². The fraction of sp³-hybridized carbons (Fsp3) is 0.600. The second-order valence-corrected chi connectivity index (χ2v) is 7.95. The van der Waals surface area contributed by atoms with E-state index in [9.17, 15) is 9.59 Å². The van der Waals surface area contributed by atoms with Gasteiger partial charge in [0.05, 0.1) is 5.92 Å². The Balaban J connectivity index is 2.16.